The van der Waals surface area contributed by atoms with Crippen LogP contribution in [0.3, 0.4) is 0 Å². The molecule has 0 aliphatic carbocycles. The molecule has 0 radical (unpaired) electrons. The molecular formula is C14H17ClN4O2S. The number of rotatable bonds is 3. The predicted molar refractivity (Wildman–Crippen MR) is 87.4 cm³/mol. The Morgan fingerprint density at radius 3 is 2.91 bits per heavy atom. The van der Waals surface area contributed by atoms with E-state index < -0.39 is 10.0 Å². The minimum atomic E-state index is -3.62. The number of hydrogen-bond acceptors (Lipinski definition) is 5. The predicted octanol–water partition coefficient (Wildman–Crippen LogP) is 1.45. The second-order valence-electron chi connectivity index (χ2n) is 5.31. The van der Waals surface area contributed by atoms with Crippen molar-refractivity contribution in [1.82, 2.24) is 14.6 Å². The largest absolute Gasteiger partial charge is 0.383 e. The van der Waals surface area contributed by atoms with Gasteiger partial charge in [-0.05, 0) is 19.5 Å². The second kappa shape index (κ2) is 5.66. The Morgan fingerprint density at radius 1 is 1.45 bits per heavy atom. The van der Waals surface area contributed by atoms with Gasteiger partial charge in [0.2, 0.25) is 10.0 Å². The van der Waals surface area contributed by atoms with Crippen LogP contribution in [-0.4, -0.2) is 43.9 Å². The molecule has 0 unspecified atom stereocenters. The number of sulfonamides is 1. The van der Waals surface area contributed by atoms with Crippen LogP contribution in [0.15, 0.2) is 29.3 Å². The number of fused-ring (bicyclic) bond motifs is 1. The fraction of sp³-hybridized carbons (Fsp3) is 0.357. The molecule has 1 aromatic heterocycles. The Morgan fingerprint density at radius 2 is 2.23 bits per heavy atom. The van der Waals surface area contributed by atoms with E-state index >= 15 is 0 Å². The smallest absolute Gasteiger partial charge is 0.243 e. The first-order valence-electron chi connectivity index (χ1n) is 6.95. The van der Waals surface area contributed by atoms with Crippen molar-refractivity contribution < 1.29 is 8.42 Å². The fourth-order valence-electron chi connectivity index (χ4n) is 2.79. The van der Waals surface area contributed by atoms with Gasteiger partial charge in [0.05, 0.1) is 9.92 Å². The van der Waals surface area contributed by atoms with E-state index in [0.29, 0.717) is 23.9 Å². The van der Waals surface area contributed by atoms with Gasteiger partial charge >= 0.3 is 0 Å². The number of aromatic nitrogens is 1. The maximum atomic E-state index is 13.0. The number of nitrogens with one attached hydrogen (secondary N) is 1. The van der Waals surface area contributed by atoms with Gasteiger partial charge in [-0.2, -0.15) is 4.31 Å². The second-order valence-corrected chi connectivity index (χ2v) is 7.62. The standard InChI is InChI=1S/C14H17ClN4O2S/c1-17-9-5-6-19(8-9)22(20,21)12-4-2-3-10-13(12)11(15)7-18-14(10)16/h2-4,7,9,17H,5-6,8H2,1H3,(H2,16,18)/t9-/m0/s1. The Bertz CT molecular complexity index is 825. The summed E-state index contributed by atoms with van der Waals surface area (Å²) in [5.41, 5.74) is 5.85. The first-order chi connectivity index (χ1) is 10.4. The first-order valence-corrected chi connectivity index (χ1v) is 8.77. The third kappa shape index (κ3) is 2.44. The third-order valence-corrected chi connectivity index (χ3v) is 6.23. The number of benzene rings is 1. The monoisotopic (exact) mass is 340 g/mol. The number of anilines is 1. The lowest BCUT2D eigenvalue weighted by Gasteiger charge is -2.18. The lowest BCUT2D eigenvalue weighted by atomic mass is 10.1. The molecule has 0 amide bonds. The van der Waals surface area contributed by atoms with Crippen LogP contribution in [0.1, 0.15) is 6.42 Å². The van der Waals surface area contributed by atoms with E-state index in [2.05, 4.69) is 10.3 Å². The summed E-state index contributed by atoms with van der Waals surface area (Å²) < 4.78 is 27.4. The number of nitrogen functional groups attached to an aromatic ring is 1. The van der Waals surface area contributed by atoms with Crippen molar-refractivity contribution in [3.63, 3.8) is 0 Å². The Kier molecular flexibility index (Phi) is 3.98. The summed E-state index contributed by atoms with van der Waals surface area (Å²) in [4.78, 5) is 4.16. The van der Waals surface area contributed by atoms with E-state index in [1.165, 1.54) is 10.5 Å². The van der Waals surface area contributed by atoms with Crippen LogP contribution in [0.4, 0.5) is 5.82 Å². The van der Waals surface area contributed by atoms with Crippen molar-refractivity contribution >= 4 is 38.2 Å². The van der Waals surface area contributed by atoms with Crippen molar-refractivity contribution in [2.24, 2.45) is 0 Å². The highest BCUT2D eigenvalue weighted by Crippen LogP contribution is 2.34. The summed E-state index contributed by atoms with van der Waals surface area (Å²) in [6.07, 6.45) is 2.18. The van der Waals surface area contributed by atoms with Gasteiger partial charge in [0.1, 0.15) is 5.82 Å². The Hall–Kier alpha value is -1.41. The number of nitrogens with zero attached hydrogens (tertiary/aromatic N) is 2. The molecule has 1 aliphatic heterocycles. The van der Waals surface area contributed by atoms with Crippen molar-refractivity contribution in [2.75, 3.05) is 25.9 Å². The topological polar surface area (TPSA) is 88.3 Å². The number of hydrogen-bond donors (Lipinski definition) is 2. The molecule has 1 saturated heterocycles. The minimum absolute atomic E-state index is 0.173. The normalized spacial score (nSPS) is 19.8. The summed E-state index contributed by atoms with van der Waals surface area (Å²) in [5.74, 6) is 0.269. The maximum absolute atomic E-state index is 13.0. The van der Waals surface area contributed by atoms with Crippen LogP contribution in [0.2, 0.25) is 5.02 Å². The minimum Gasteiger partial charge on any atom is -0.383 e. The zero-order chi connectivity index (χ0) is 15.9. The molecule has 8 heteroatoms. The molecule has 1 aromatic carbocycles. The molecule has 0 spiro atoms. The number of nitrogens with two attached hydrogens (primary N) is 1. The van der Waals surface area contributed by atoms with Crippen LogP contribution >= 0.6 is 11.6 Å². The highest BCUT2D eigenvalue weighted by molar-refractivity contribution is 7.89. The van der Waals surface area contributed by atoms with Gasteiger partial charge in [-0.15, -0.1) is 0 Å². The Balaban J connectivity index is 2.16. The number of halogens is 1. The summed E-state index contributed by atoms with van der Waals surface area (Å²) in [6.45, 7) is 0.940. The zero-order valence-electron chi connectivity index (χ0n) is 12.1. The van der Waals surface area contributed by atoms with E-state index in [1.54, 1.807) is 18.2 Å². The quantitative estimate of drug-likeness (QED) is 0.883. The van der Waals surface area contributed by atoms with E-state index in [-0.39, 0.29) is 21.8 Å². The van der Waals surface area contributed by atoms with Crippen molar-refractivity contribution in [2.45, 2.75) is 17.4 Å². The molecule has 0 bridgehead atoms. The van der Waals surface area contributed by atoms with E-state index in [0.717, 1.165) is 6.42 Å². The van der Waals surface area contributed by atoms with E-state index in [9.17, 15) is 8.42 Å². The fourth-order valence-corrected chi connectivity index (χ4v) is 4.82. The van der Waals surface area contributed by atoms with E-state index in [4.69, 9.17) is 17.3 Å². The molecule has 22 heavy (non-hydrogen) atoms. The highest BCUT2D eigenvalue weighted by atomic mass is 35.5. The summed E-state index contributed by atoms with van der Waals surface area (Å²) >= 11 is 6.19. The van der Waals surface area contributed by atoms with Gasteiger partial charge in [-0.3, -0.25) is 0 Å². The molecule has 1 fully saturated rings. The van der Waals surface area contributed by atoms with Gasteiger partial charge in [0.25, 0.3) is 0 Å². The summed E-state index contributed by atoms with van der Waals surface area (Å²) in [6, 6.07) is 5.13. The van der Waals surface area contributed by atoms with Crippen molar-refractivity contribution in [1.29, 1.82) is 0 Å². The lowest BCUT2D eigenvalue weighted by molar-refractivity contribution is 0.465. The highest BCUT2D eigenvalue weighted by Gasteiger charge is 2.33. The summed E-state index contributed by atoms with van der Waals surface area (Å²) in [7, 11) is -1.79. The molecule has 1 aliphatic rings. The third-order valence-electron chi connectivity index (χ3n) is 4.04. The molecule has 118 valence electrons. The van der Waals surface area contributed by atoms with Crippen molar-refractivity contribution in [3.8, 4) is 0 Å². The molecule has 1 atom stereocenters. The van der Waals surface area contributed by atoms with Crippen molar-refractivity contribution in [3.05, 3.63) is 29.4 Å². The molecule has 3 rings (SSSR count). The van der Waals surface area contributed by atoms with Gasteiger partial charge in [-0.25, -0.2) is 13.4 Å². The van der Waals surface area contributed by atoms with Crippen LogP contribution in [0, 0.1) is 0 Å². The van der Waals surface area contributed by atoms with Crippen LogP contribution in [0.5, 0.6) is 0 Å². The lowest BCUT2D eigenvalue weighted by Crippen LogP contribution is -2.33. The molecule has 3 N–H and O–H groups in total. The van der Waals surface area contributed by atoms with E-state index in [1.807, 2.05) is 7.05 Å². The number of likely N-dealkylation sites (N-methyl/N-ethyl adjacent to an activating group) is 1. The molecular weight excluding hydrogens is 324 g/mol. The molecule has 0 saturated carbocycles. The molecule has 2 heterocycles. The van der Waals surface area contributed by atoms with Gasteiger partial charge in [0, 0.05) is 36.1 Å². The molecule has 6 nitrogen and oxygen atoms in total. The first kappa shape index (κ1) is 15.5. The SMILES string of the molecule is CN[C@H]1CCN(S(=O)(=O)c2cccc3c(N)ncc(Cl)c23)C1. The average Bonchev–Trinajstić information content (AvgIpc) is 3.00. The zero-order valence-corrected chi connectivity index (χ0v) is 13.7. The van der Waals surface area contributed by atoms with Crippen LogP contribution < -0.4 is 11.1 Å². The van der Waals surface area contributed by atoms with Gasteiger partial charge in [0.15, 0.2) is 0 Å². The average molecular weight is 341 g/mol. The maximum Gasteiger partial charge on any atom is 0.243 e. The van der Waals surface area contributed by atoms with Crippen LogP contribution in [-0.2, 0) is 10.0 Å². The summed E-state index contributed by atoms with van der Waals surface area (Å²) in [5, 5.41) is 4.39. The Labute approximate surface area is 134 Å². The van der Waals surface area contributed by atoms with Crippen LogP contribution in [0.25, 0.3) is 10.8 Å². The van der Waals surface area contributed by atoms with Gasteiger partial charge < -0.3 is 11.1 Å². The number of pyridine rings is 1. The molecule has 2 aromatic rings. The van der Waals surface area contributed by atoms with Gasteiger partial charge in [-0.1, -0.05) is 23.7 Å².